The van der Waals surface area contributed by atoms with Gasteiger partial charge in [0.05, 0.1) is 6.20 Å². The van der Waals surface area contributed by atoms with Gasteiger partial charge in [0, 0.05) is 18.8 Å². The maximum Gasteiger partial charge on any atom is 0.0522 e. The van der Waals surface area contributed by atoms with Crippen molar-refractivity contribution in [2.45, 2.75) is 65.0 Å². The van der Waals surface area contributed by atoms with Gasteiger partial charge in [-0.2, -0.15) is 5.10 Å². The number of nitrogens with one attached hydrogen (secondary N) is 1. The molecule has 108 valence electrons. The molecule has 0 bridgehead atoms. The highest BCUT2D eigenvalue weighted by Crippen LogP contribution is 2.33. The van der Waals surface area contributed by atoms with Gasteiger partial charge >= 0.3 is 0 Å². The fourth-order valence-electron chi connectivity index (χ4n) is 3.37. The Balaban J connectivity index is 1.95. The summed E-state index contributed by atoms with van der Waals surface area (Å²) in [5.41, 5.74) is 4.35. The number of nitrogens with two attached hydrogens (primary N) is 1. The predicted molar refractivity (Wildman–Crippen MR) is 78.5 cm³/mol. The van der Waals surface area contributed by atoms with Gasteiger partial charge in [-0.25, -0.2) is 0 Å². The van der Waals surface area contributed by atoms with E-state index >= 15 is 0 Å². The molecule has 1 aromatic rings. The van der Waals surface area contributed by atoms with Crippen LogP contribution in [0.25, 0.3) is 0 Å². The lowest BCUT2D eigenvalue weighted by atomic mass is 9.76. The van der Waals surface area contributed by atoms with Crippen molar-refractivity contribution < 1.29 is 0 Å². The molecule has 4 nitrogen and oxygen atoms in total. The zero-order chi connectivity index (χ0) is 13.7. The minimum atomic E-state index is 0.392. The summed E-state index contributed by atoms with van der Waals surface area (Å²) in [6.45, 7) is 5.35. The Morgan fingerprint density at radius 1 is 1.47 bits per heavy atom. The van der Waals surface area contributed by atoms with E-state index in [1.54, 1.807) is 0 Å². The number of nitrogens with zero attached hydrogens (tertiary/aromatic N) is 2. The normalized spacial score (nSPS) is 25.4. The molecule has 0 saturated heterocycles. The standard InChI is InChI=1S/C15H28N4/c1-3-12-6-5-7-14(8-12)15(18-16)9-13-10-17-19(4-2)11-13/h10-12,14-15,18H,3-9,16H2,1-2H3. The van der Waals surface area contributed by atoms with Gasteiger partial charge in [0.15, 0.2) is 0 Å². The van der Waals surface area contributed by atoms with E-state index in [0.29, 0.717) is 12.0 Å². The number of rotatable bonds is 6. The number of aryl methyl sites for hydroxylation is 1. The van der Waals surface area contributed by atoms with Crippen LogP contribution in [0.15, 0.2) is 12.4 Å². The van der Waals surface area contributed by atoms with Crippen molar-refractivity contribution >= 4 is 0 Å². The molecular weight excluding hydrogens is 236 g/mol. The fraction of sp³-hybridized carbons (Fsp3) is 0.800. The molecule has 1 heterocycles. The van der Waals surface area contributed by atoms with Crippen molar-refractivity contribution in [3.63, 3.8) is 0 Å². The van der Waals surface area contributed by atoms with Crippen molar-refractivity contribution in [3.05, 3.63) is 18.0 Å². The summed E-state index contributed by atoms with van der Waals surface area (Å²) < 4.78 is 1.98. The molecule has 3 unspecified atom stereocenters. The molecule has 1 saturated carbocycles. The van der Waals surface area contributed by atoms with Gasteiger partial charge in [-0.3, -0.25) is 16.0 Å². The zero-order valence-electron chi connectivity index (χ0n) is 12.3. The van der Waals surface area contributed by atoms with Crippen LogP contribution in [0.2, 0.25) is 0 Å². The Morgan fingerprint density at radius 3 is 2.95 bits per heavy atom. The molecule has 0 aliphatic heterocycles. The first kappa shape index (κ1) is 14.5. The fourth-order valence-corrected chi connectivity index (χ4v) is 3.37. The molecule has 0 amide bonds. The molecule has 3 N–H and O–H groups in total. The largest absolute Gasteiger partial charge is 0.273 e. The van der Waals surface area contributed by atoms with Crippen LogP contribution < -0.4 is 11.3 Å². The van der Waals surface area contributed by atoms with Crippen molar-refractivity contribution in [2.75, 3.05) is 0 Å². The Morgan fingerprint density at radius 2 is 2.32 bits per heavy atom. The molecule has 1 aliphatic rings. The average Bonchev–Trinajstić information content (AvgIpc) is 2.92. The monoisotopic (exact) mass is 264 g/mol. The van der Waals surface area contributed by atoms with Crippen LogP contribution in [0.1, 0.15) is 51.5 Å². The first-order chi connectivity index (χ1) is 9.26. The van der Waals surface area contributed by atoms with E-state index in [9.17, 15) is 0 Å². The Bertz CT molecular complexity index is 374. The minimum absolute atomic E-state index is 0.392. The van der Waals surface area contributed by atoms with Gasteiger partial charge in [0.2, 0.25) is 0 Å². The second kappa shape index (κ2) is 7.06. The van der Waals surface area contributed by atoms with Gasteiger partial charge in [-0.15, -0.1) is 0 Å². The lowest BCUT2D eigenvalue weighted by Gasteiger charge is -2.33. The second-order valence-electron chi connectivity index (χ2n) is 5.88. The van der Waals surface area contributed by atoms with Crippen LogP contribution in [-0.4, -0.2) is 15.8 Å². The van der Waals surface area contributed by atoms with Gasteiger partial charge in [-0.05, 0) is 43.6 Å². The van der Waals surface area contributed by atoms with Crippen molar-refractivity contribution in [2.24, 2.45) is 17.7 Å². The van der Waals surface area contributed by atoms with E-state index in [-0.39, 0.29) is 0 Å². The van der Waals surface area contributed by atoms with E-state index < -0.39 is 0 Å². The zero-order valence-corrected chi connectivity index (χ0v) is 12.3. The van der Waals surface area contributed by atoms with Crippen molar-refractivity contribution in [3.8, 4) is 0 Å². The third-order valence-electron chi connectivity index (χ3n) is 4.65. The summed E-state index contributed by atoms with van der Waals surface area (Å²) in [5, 5.41) is 4.35. The Hall–Kier alpha value is -0.870. The summed E-state index contributed by atoms with van der Waals surface area (Å²) >= 11 is 0. The predicted octanol–water partition coefficient (Wildman–Crippen LogP) is 2.49. The van der Waals surface area contributed by atoms with Crippen LogP contribution in [0.4, 0.5) is 0 Å². The quantitative estimate of drug-likeness (QED) is 0.613. The van der Waals surface area contributed by atoms with E-state index in [1.807, 2.05) is 10.9 Å². The van der Waals surface area contributed by atoms with Crippen molar-refractivity contribution in [1.29, 1.82) is 0 Å². The summed E-state index contributed by atoms with van der Waals surface area (Å²) in [6, 6.07) is 0.392. The lowest BCUT2D eigenvalue weighted by molar-refractivity contribution is 0.208. The molecule has 0 spiro atoms. The topological polar surface area (TPSA) is 55.9 Å². The molecule has 1 aromatic heterocycles. The molecule has 19 heavy (non-hydrogen) atoms. The molecule has 0 radical (unpaired) electrons. The lowest BCUT2D eigenvalue weighted by Crippen LogP contribution is -2.44. The van der Waals surface area contributed by atoms with Gasteiger partial charge in [0.1, 0.15) is 0 Å². The molecule has 4 heteroatoms. The van der Waals surface area contributed by atoms with Crippen LogP contribution in [0.5, 0.6) is 0 Å². The van der Waals surface area contributed by atoms with Crippen LogP contribution >= 0.6 is 0 Å². The van der Waals surface area contributed by atoms with Crippen molar-refractivity contribution in [1.82, 2.24) is 15.2 Å². The third kappa shape index (κ3) is 3.80. The maximum atomic E-state index is 5.80. The number of hydrogen-bond donors (Lipinski definition) is 2. The number of hydrazine groups is 1. The summed E-state index contributed by atoms with van der Waals surface area (Å²) in [4.78, 5) is 0. The van der Waals surface area contributed by atoms with E-state index in [1.165, 1.54) is 37.7 Å². The van der Waals surface area contributed by atoms with Crippen LogP contribution in [-0.2, 0) is 13.0 Å². The smallest absolute Gasteiger partial charge is 0.0522 e. The molecule has 1 fully saturated rings. The van der Waals surface area contributed by atoms with Crippen LogP contribution in [0, 0.1) is 11.8 Å². The van der Waals surface area contributed by atoms with E-state index in [0.717, 1.165) is 18.9 Å². The second-order valence-corrected chi connectivity index (χ2v) is 5.88. The minimum Gasteiger partial charge on any atom is -0.273 e. The molecular formula is C15H28N4. The van der Waals surface area contributed by atoms with Gasteiger partial charge in [0.25, 0.3) is 0 Å². The molecule has 1 aliphatic carbocycles. The van der Waals surface area contributed by atoms with Gasteiger partial charge in [-0.1, -0.05) is 26.2 Å². The maximum absolute atomic E-state index is 5.80. The molecule has 3 atom stereocenters. The summed E-state index contributed by atoms with van der Waals surface area (Å²) in [6.07, 6.45) is 11.8. The number of aromatic nitrogens is 2. The first-order valence-corrected chi connectivity index (χ1v) is 7.74. The third-order valence-corrected chi connectivity index (χ3v) is 4.65. The van der Waals surface area contributed by atoms with Gasteiger partial charge < -0.3 is 0 Å². The Labute approximate surface area is 116 Å². The average molecular weight is 264 g/mol. The first-order valence-electron chi connectivity index (χ1n) is 7.74. The van der Waals surface area contributed by atoms with E-state index in [4.69, 9.17) is 5.84 Å². The Kier molecular flexibility index (Phi) is 5.40. The highest BCUT2D eigenvalue weighted by atomic mass is 15.3. The SMILES string of the molecule is CCC1CCCC(C(Cc2cnn(CC)c2)NN)C1. The highest BCUT2D eigenvalue weighted by Gasteiger charge is 2.27. The summed E-state index contributed by atoms with van der Waals surface area (Å²) in [5.74, 6) is 7.41. The van der Waals surface area contributed by atoms with E-state index in [2.05, 4.69) is 30.6 Å². The number of hydrogen-bond acceptors (Lipinski definition) is 3. The highest BCUT2D eigenvalue weighted by molar-refractivity contribution is 5.07. The van der Waals surface area contributed by atoms with Crippen LogP contribution in [0.3, 0.4) is 0 Å². The molecule has 2 rings (SSSR count). The molecule has 0 aromatic carbocycles. The summed E-state index contributed by atoms with van der Waals surface area (Å²) in [7, 11) is 0.